The average molecular weight is 163 g/mol. The maximum atomic E-state index is 10.6. The second-order valence-corrected chi connectivity index (χ2v) is 2.59. The largest absolute Gasteiger partial charge is 0.294 e. The van der Waals surface area contributed by atoms with Crippen LogP contribution in [0.15, 0.2) is 22.2 Å². The van der Waals surface area contributed by atoms with Gasteiger partial charge in [0.25, 0.3) is 0 Å². The van der Waals surface area contributed by atoms with Gasteiger partial charge in [0, 0.05) is 11.5 Å². The summed E-state index contributed by atoms with van der Waals surface area (Å²) in [6, 6.07) is 0. The van der Waals surface area contributed by atoms with Crippen LogP contribution in [0, 0.1) is 0 Å². The molecule has 1 aliphatic rings. The van der Waals surface area contributed by atoms with Crippen LogP contribution in [0.25, 0.3) is 0 Å². The van der Waals surface area contributed by atoms with E-state index in [-0.39, 0.29) is 12.2 Å². The molecule has 0 aromatic rings. The molecule has 0 saturated heterocycles. The fourth-order valence-corrected chi connectivity index (χ4v) is 0.877. The number of carbonyl (C=O) groups is 1. The van der Waals surface area contributed by atoms with Crippen LogP contribution >= 0.6 is 23.2 Å². The van der Waals surface area contributed by atoms with Crippen molar-refractivity contribution in [2.45, 2.75) is 6.42 Å². The van der Waals surface area contributed by atoms with E-state index in [1.807, 2.05) is 0 Å². The molecule has 0 saturated carbocycles. The van der Waals surface area contributed by atoms with Crippen LogP contribution in [-0.2, 0) is 4.79 Å². The first-order valence-corrected chi connectivity index (χ1v) is 3.21. The van der Waals surface area contributed by atoms with Crippen LogP contribution in [0.2, 0.25) is 0 Å². The molecule has 0 aromatic heterocycles. The number of halogens is 2. The van der Waals surface area contributed by atoms with Gasteiger partial charge in [0.2, 0.25) is 0 Å². The molecule has 1 aliphatic carbocycles. The second-order valence-electron chi connectivity index (χ2n) is 1.73. The zero-order valence-electron chi connectivity index (χ0n) is 4.53. The molecule has 48 valence electrons. The first-order valence-electron chi connectivity index (χ1n) is 2.45. The summed E-state index contributed by atoms with van der Waals surface area (Å²) in [5, 5.41) is 0.903. The van der Waals surface area contributed by atoms with Crippen molar-refractivity contribution in [2.24, 2.45) is 0 Å². The summed E-state index contributed by atoms with van der Waals surface area (Å²) in [7, 11) is 0. The quantitative estimate of drug-likeness (QED) is 0.534. The van der Waals surface area contributed by atoms with E-state index in [1.54, 1.807) is 0 Å². The smallest absolute Gasteiger partial charge is 0.161 e. The van der Waals surface area contributed by atoms with Gasteiger partial charge in [-0.05, 0) is 12.2 Å². The summed E-state index contributed by atoms with van der Waals surface area (Å²) < 4.78 is 0. The molecule has 0 aromatic carbocycles. The Kier molecular flexibility index (Phi) is 1.94. The van der Waals surface area contributed by atoms with Crippen LogP contribution in [0.1, 0.15) is 6.42 Å². The fraction of sp³-hybridized carbons (Fsp3) is 0.167. The van der Waals surface area contributed by atoms with Crippen molar-refractivity contribution >= 4 is 29.0 Å². The number of carbonyl (C=O) groups excluding carboxylic acids is 1. The van der Waals surface area contributed by atoms with Crippen LogP contribution in [0.4, 0.5) is 0 Å². The van der Waals surface area contributed by atoms with E-state index < -0.39 is 0 Å². The highest BCUT2D eigenvalue weighted by atomic mass is 35.5. The van der Waals surface area contributed by atoms with E-state index >= 15 is 0 Å². The first-order chi connectivity index (χ1) is 4.20. The zero-order chi connectivity index (χ0) is 6.85. The molecule has 1 rings (SSSR count). The molecule has 0 N–H and O–H groups in total. The Morgan fingerprint density at radius 1 is 1.33 bits per heavy atom. The molecule has 0 spiro atoms. The third kappa shape index (κ3) is 1.57. The van der Waals surface area contributed by atoms with Crippen molar-refractivity contribution in [3.63, 3.8) is 0 Å². The molecule has 0 aliphatic heterocycles. The molecule has 0 radical (unpaired) electrons. The van der Waals surface area contributed by atoms with E-state index in [1.165, 1.54) is 12.2 Å². The van der Waals surface area contributed by atoms with Crippen molar-refractivity contribution in [1.82, 2.24) is 0 Å². The van der Waals surface area contributed by atoms with Crippen LogP contribution in [-0.4, -0.2) is 5.78 Å². The summed E-state index contributed by atoms with van der Waals surface area (Å²) in [6.45, 7) is 0. The molecule has 0 fully saturated rings. The van der Waals surface area contributed by atoms with Gasteiger partial charge in [0.15, 0.2) is 5.78 Å². The predicted molar refractivity (Wildman–Crippen MR) is 37.5 cm³/mol. The summed E-state index contributed by atoms with van der Waals surface area (Å²) in [5.41, 5.74) is 0. The minimum atomic E-state index is 0.00407. The summed E-state index contributed by atoms with van der Waals surface area (Å²) in [5.74, 6) is 0.00407. The Hall–Kier alpha value is -0.270. The van der Waals surface area contributed by atoms with Gasteiger partial charge in [-0.15, -0.1) is 0 Å². The van der Waals surface area contributed by atoms with Gasteiger partial charge in [0.05, 0.1) is 5.03 Å². The molecular formula is C6H4Cl2O. The Morgan fingerprint density at radius 2 is 2.00 bits per heavy atom. The van der Waals surface area contributed by atoms with E-state index in [0.29, 0.717) is 10.1 Å². The number of ketones is 1. The molecule has 3 heteroatoms. The van der Waals surface area contributed by atoms with E-state index in [9.17, 15) is 4.79 Å². The second kappa shape index (κ2) is 2.54. The highest BCUT2D eigenvalue weighted by Crippen LogP contribution is 2.22. The van der Waals surface area contributed by atoms with E-state index in [2.05, 4.69) is 0 Å². The molecule has 0 bridgehead atoms. The zero-order valence-corrected chi connectivity index (χ0v) is 6.04. The highest BCUT2D eigenvalue weighted by Gasteiger charge is 2.08. The SMILES string of the molecule is O=C1C=CC(Cl)=C(Cl)C1. The van der Waals surface area contributed by atoms with E-state index in [4.69, 9.17) is 23.2 Å². The lowest BCUT2D eigenvalue weighted by atomic mass is 10.2. The Bertz CT molecular complexity index is 203. The third-order valence-corrected chi connectivity index (χ3v) is 1.79. The summed E-state index contributed by atoms with van der Waals surface area (Å²) >= 11 is 11.1. The van der Waals surface area contributed by atoms with Crippen molar-refractivity contribution in [3.05, 3.63) is 22.2 Å². The Morgan fingerprint density at radius 3 is 2.44 bits per heavy atom. The molecule has 1 nitrogen and oxygen atoms in total. The molecule has 0 atom stereocenters. The van der Waals surface area contributed by atoms with E-state index in [0.717, 1.165) is 0 Å². The van der Waals surface area contributed by atoms with Gasteiger partial charge < -0.3 is 0 Å². The van der Waals surface area contributed by atoms with Crippen molar-refractivity contribution in [3.8, 4) is 0 Å². The van der Waals surface area contributed by atoms with Gasteiger partial charge in [-0.3, -0.25) is 4.79 Å². The standard InChI is InChI=1S/C6H4Cl2O/c7-5-2-1-4(9)3-6(5)8/h1-2H,3H2. The van der Waals surface area contributed by atoms with Crippen molar-refractivity contribution in [1.29, 1.82) is 0 Å². The third-order valence-electron chi connectivity index (χ3n) is 1.00. The Balaban J connectivity index is 2.87. The molecular weight excluding hydrogens is 159 g/mol. The number of hydrogen-bond donors (Lipinski definition) is 0. The minimum absolute atomic E-state index is 0.00407. The Labute approximate surface area is 62.9 Å². The summed E-state index contributed by atoms with van der Waals surface area (Å²) in [6.07, 6.45) is 3.18. The number of rotatable bonds is 0. The normalized spacial score (nSPS) is 19.1. The van der Waals surface area contributed by atoms with Crippen LogP contribution < -0.4 is 0 Å². The molecule has 0 amide bonds. The maximum absolute atomic E-state index is 10.6. The minimum Gasteiger partial charge on any atom is -0.294 e. The predicted octanol–water partition coefficient (Wildman–Crippen LogP) is 2.20. The van der Waals surface area contributed by atoms with Crippen LogP contribution in [0.3, 0.4) is 0 Å². The maximum Gasteiger partial charge on any atom is 0.161 e. The van der Waals surface area contributed by atoms with Crippen molar-refractivity contribution in [2.75, 3.05) is 0 Å². The fourth-order valence-electron chi connectivity index (χ4n) is 0.553. The lowest BCUT2D eigenvalue weighted by Crippen LogP contribution is -1.97. The number of allylic oxidation sites excluding steroid dienone is 4. The van der Waals surface area contributed by atoms with Gasteiger partial charge in [-0.1, -0.05) is 23.2 Å². The number of hydrogen-bond acceptors (Lipinski definition) is 1. The molecule has 0 unspecified atom stereocenters. The summed E-state index contributed by atoms with van der Waals surface area (Å²) in [4.78, 5) is 10.6. The van der Waals surface area contributed by atoms with Crippen LogP contribution in [0.5, 0.6) is 0 Å². The van der Waals surface area contributed by atoms with Gasteiger partial charge >= 0.3 is 0 Å². The highest BCUT2D eigenvalue weighted by molar-refractivity contribution is 6.41. The molecule has 0 heterocycles. The first kappa shape index (κ1) is 6.84. The average Bonchev–Trinajstić information content (AvgIpc) is 1.80. The lowest BCUT2D eigenvalue weighted by Gasteiger charge is -2.01. The topological polar surface area (TPSA) is 17.1 Å². The molecule has 9 heavy (non-hydrogen) atoms. The van der Waals surface area contributed by atoms with Gasteiger partial charge in [-0.2, -0.15) is 0 Å². The lowest BCUT2D eigenvalue weighted by molar-refractivity contribution is -0.114. The van der Waals surface area contributed by atoms with Gasteiger partial charge in [-0.25, -0.2) is 0 Å². The van der Waals surface area contributed by atoms with Gasteiger partial charge in [0.1, 0.15) is 0 Å². The van der Waals surface area contributed by atoms with Crippen molar-refractivity contribution < 1.29 is 4.79 Å². The monoisotopic (exact) mass is 162 g/mol.